The SMILES string of the molecule is CC1CCN(CCOc2ccccc2)C1CBr. The summed E-state index contributed by atoms with van der Waals surface area (Å²) < 4.78 is 5.74. The molecule has 3 heteroatoms. The number of para-hydroxylation sites is 1. The Kier molecular flexibility index (Phi) is 4.86. The molecule has 1 saturated heterocycles. The van der Waals surface area contributed by atoms with Gasteiger partial charge >= 0.3 is 0 Å². The first-order valence-corrected chi connectivity index (χ1v) is 7.41. The summed E-state index contributed by atoms with van der Waals surface area (Å²) in [6, 6.07) is 10.7. The number of nitrogens with zero attached hydrogens (tertiary/aromatic N) is 1. The van der Waals surface area contributed by atoms with Gasteiger partial charge in [0.2, 0.25) is 0 Å². The molecule has 1 fully saturated rings. The van der Waals surface area contributed by atoms with Crippen molar-refractivity contribution < 1.29 is 4.74 Å². The predicted molar refractivity (Wildman–Crippen MR) is 74.9 cm³/mol. The van der Waals surface area contributed by atoms with Gasteiger partial charge in [-0.1, -0.05) is 41.1 Å². The van der Waals surface area contributed by atoms with Gasteiger partial charge in [-0.05, 0) is 31.0 Å². The molecular formula is C14H20BrNO. The predicted octanol–water partition coefficient (Wildman–Crippen LogP) is 3.17. The Labute approximate surface area is 112 Å². The highest BCUT2D eigenvalue weighted by molar-refractivity contribution is 9.09. The molecule has 1 heterocycles. The van der Waals surface area contributed by atoms with E-state index in [-0.39, 0.29) is 0 Å². The monoisotopic (exact) mass is 297 g/mol. The lowest BCUT2D eigenvalue weighted by Gasteiger charge is -2.24. The molecule has 1 aliphatic rings. The van der Waals surface area contributed by atoms with Crippen LogP contribution in [0.1, 0.15) is 13.3 Å². The summed E-state index contributed by atoms with van der Waals surface area (Å²) in [5.41, 5.74) is 0. The van der Waals surface area contributed by atoms with Crippen LogP contribution >= 0.6 is 15.9 Å². The standard InChI is InChI=1S/C14H20BrNO/c1-12-7-8-16(14(12)11-15)9-10-17-13-5-3-2-4-6-13/h2-6,12,14H,7-11H2,1H3. The molecule has 0 aromatic heterocycles. The third-order valence-corrected chi connectivity index (χ3v) is 4.21. The average molecular weight is 298 g/mol. The summed E-state index contributed by atoms with van der Waals surface area (Å²) in [6.45, 7) is 5.34. The van der Waals surface area contributed by atoms with Crippen molar-refractivity contribution in [2.45, 2.75) is 19.4 Å². The van der Waals surface area contributed by atoms with Gasteiger partial charge in [0.05, 0.1) is 0 Å². The van der Waals surface area contributed by atoms with Crippen LogP contribution in [0, 0.1) is 5.92 Å². The summed E-state index contributed by atoms with van der Waals surface area (Å²) in [6.07, 6.45) is 1.31. The van der Waals surface area contributed by atoms with Crippen molar-refractivity contribution in [3.05, 3.63) is 30.3 Å². The van der Waals surface area contributed by atoms with Crippen molar-refractivity contribution in [3.8, 4) is 5.75 Å². The fourth-order valence-electron chi connectivity index (χ4n) is 2.41. The number of hydrogen-bond donors (Lipinski definition) is 0. The number of benzene rings is 1. The van der Waals surface area contributed by atoms with Gasteiger partial charge in [0.15, 0.2) is 0 Å². The van der Waals surface area contributed by atoms with E-state index in [0.29, 0.717) is 6.04 Å². The average Bonchev–Trinajstić information content (AvgIpc) is 2.71. The van der Waals surface area contributed by atoms with Gasteiger partial charge in [-0.25, -0.2) is 0 Å². The van der Waals surface area contributed by atoms with E-state index in [9.17, 15) is 0 Å². The molecule has 2 atom stereocenters. The quantitative estimate of drug-likeness (QED) is 0.774. The van der Waals surface area contributed by atoms with Crippen LogP contribution in [0.5, 0.6) is 5.75 Å². The highest BCUT2D eigenvalue weighted by Crippen LogP contribution is 2.24. The molecule has 0 bridgehead atoms. The van der Waals surface area contributed by atoms with Crippen LogP contribution in [0.15, 0.2) is 30.3 Å². The fourth-order valence-corrected chi connectivity index (χ4v) is 3.46. The molecular weight excluding hydrogens is 278 g/mol. The number of hydrogen-bond acceptors (Lipinski definition) is 2. The molecule has 0 N–H and O–H groups in total. The summed E-state index contributed by atoms with van der Waals surface area (Å²) in [4.78, 5) is 2.53. The lowest BCUT2D eigenvalue weighted by Crippen LogP contribution is -2.36. The minimum Gasteiger partial charge on any atom is -0.492 e. The van der Waals surface area contributed by atoms with Gasteiger partial charge in [0.1, 0.15) is 12.4 Å². The zero-order valence-corrected chi connectivity index (χ0v) is 11.9. The second-order valence-corrected chi connectivity index (χ2v) is 5.33. The maximum absolute atomic E-state index is 5.74. The molecule has 2 unspecified atom stereocenters. The molecule has 0 amide bonds. The molecule has 94 valence electrons. The van der Waals surface area contributed by atoms with E-state index in [0.717, 1.165) is 30.1 Å². The van der Waals surface area contributed by atoms with E-state index in [4.69, 9.17) is 4.74 Å². The number of alkyl halides is 1. The second kappa shape index (κ2) is 6.41. The third-order valence-electron chi connectivity index (χ3n) is 3.55. The minimum absolute atomic E-state index is 0.675. The molecule has 0 spiro atoms. The number of halogens is 1. The van der Waals surface area contributed by atoms with Crippen molar-refractivity contribution in [3.63, 3.8) is 0 Å². The Balaban J connectivity index is 1.75. The Morgan fingerprint density at radius 3 is 2.82 bits per heavy atom. The summed E-state index contributed by atoms with van der Waals surface area (Å²) in [7, 11) is 0. The van der Waals surface area contributed by atoms with Crippen molar-refractivity contribution in [2.24, 2.45) is 5.92 Å². The van der Waals surface area contributed by atoms with E-state index < -0.39 is 0 Å². The smallest absolute Gasteiger partial charge is 0.119 e. The zero-order valence-electron chi connectivity index (χ0n) is 10.3. The minimum atomic E-state index is 0.675. The summed E-state index contributed by atoms with van der Waals surface area (Å²) in [5.74, 6) is 1.77. The van der Waals surface area contributed by atoms with Crippen molar-refractivity contribution in [1.29, 1.82) is 0 Å². The van der Waals surface area contributed by atoms with Crippen LogP contribution in [-0.2, 0) is 0 Å². The van der Waals surface area contributed by atoms with Gasteiger partial charge in [-0.15, -0.1) is 0 Å². The lowest BCUT2D eigenvalue weighted by molar-refractivity contribution is 0.197. The molecule has 0 radical (unpaired) electrons. The number of ether oxygens (including phenoxy) is 1. The first-order chi connectivity index (χ1) is 8.31. The first kappa shape index (κ1) is 12.9. The van der Waals surface area contributed by atoms with E-state index in [1.807, 2.05) is 30.3 Å². The Hall–Kier alpha value is -0.540. The van der Waals surface area contributed by atoms with Crippen molar-refractivity contribution >= 4 is 15.9 Å². The molecule has 1 aromatic rings. The fraction of sp³-hybridized carbons (Fsp3) is 0.571. The van der Waals surface area contributed by atoms with Crippen LogP contribution < -0.4 is 4.74 Å². The Morgan fingerprint density at radius 1 is 1.35 bits per heavy atom. The molecule has 17 heavy (non-hydrogen) atoms. The summed E-state index contributed by atoms with van der Waals surface area (Å²) in [5, 5.41) is 1.07. The molecule has 2 nitrogen and oxygen atoms in total. The number of rotatable bonds is 5. The lowest BCUT2D eigenvalue weighted by atomic mass is 10.1. The summed E-state index contributed by atoms with van der Waals surface area (Å²) >= 11 is 3.61. The first-order valence-electron chi connectivity index (χ1n) is 6.29. The number of likely N-dealkylation sites (tertiary alicyclic amines) is 1. The van der Waals surface area contributed by atoms with Gasteiger partial charge in [0.25, 0.3) is 0 Å². The van der Waals surface area contributed by atoms with Crippen LogP contribution in [0.2, 0.25) is 0 Å². The topological polar surface area (TPSA) is 12.5 Å². The van der Waals surface area contributed by atoms with E-state index >= 15 is 0 Å². The van der Waals surface area contributed by atoms with E-state index in [1.165, 1.54) is 13.0 Å². The molecule has 2 rings (SSSR count). The zero-order chi connectivity index (χ0) is 12.1. The molecule has 1 aromatic carbocycles. The van der Waals surface area contributed by atoms with Crippen LogP contribution in [0.3, 0.4) is 0 Å². The van der Waals surface area contributed by atoms with Crippen LogP contribution in [0.25, 0.3) is 0 Å². The molecule has 0 aliphatic carbocycles. The van der Waals surface area contributed by atoms with Crippen molar-refractivity contribution in [1.82, 2.24) is 4.90 Å². The highest BCUT2D eigenvalue weighted by Gasteiger charge is 2.29. The maximum Gasteiger partial charge on any atom is 0.119 e. The van der Waals surface area contributed by atoms with E-state index in [2.05, 4.69) is 27.8 Å². The van der Waals surface area contributed by atoms with Gasteiger partial charge < -0.3 is 4.74 Å². The largest absolute Gasteiger partial charge is 0.492 e. The van der Waals surface area contributed by atoms with E-state index in [1.54, 1.807) is 0 Å². The van der Waals surface area contributed by atoms with Gasteiger partial charge in [-0.2, -0.15) is 0 Å². The Morgan fingerprint density at radius 2 is 2.12 bits per heavy atom. The van der Waals surface area contributed by atoms with Gasteiger partial charge in [-0.3, -0.25) is 4.90 Å². The Bertz CT molecular complexity index is 330. The van der Waals surface area contributed by atoms with Crippen molar-refractivity contribution in [2.75, 3.05) is 25.0 Å². The maximum atomic E-state index is 5.74. The normalized spacial score (nSPS) is 25.1. The van der Waals surface area contributed by atoms with Gasteiger partial charge in [0, 0.05) is 17.9 Å². The third kappa shape index (κ3) is 3.46. The molecule has 1 aliphatic heterocycles. The highest BCUT2D eigenvalue weighted by atomic mass is 79.9. The van der Waals surface area contributed by atoms with Crippen LogP contribution in [-0.4, -0.2) is 36.0 Å². The van der Waals surface area contributed by atoms with Crippen LogP contribution in [0.4, 0.5) is 0 Å². The molecule has 0 saturated carbocycles. The second-order valence-electron chi connectivity index (χ2n) is 4.69.